The lowest BCUT2D eigenvalue weighted by molar-refractivity contribution is -0.140. The molecule has 0 aliphatic heterocycles. The normalized spacial score (nSPS) is 16.9. The van der Waals surface area contributed by atoms with Crippen molar-refractivity contribution in [3.05, 3.63) is 64.5 Å². The standard InChI is InChI=1S/C30H42F4O3Si/c1-8-35-27(17-18-36-38(19(2)3,20(4)5)21(6)7)22-9-11-23(12-10-22)37-28-16-14-25-24(28)13-15-26(31)29(25)30(32,33)34/h9-13,15,19-21,27-28H,8,14,16-18H2,1-7H3/t27-,28+/m0/s1. The maximum absolute atomic E-state index is 14.0. The van der Waals surface area contributed by atoms with Gasteiger partial charge in [0.05, 0.1) is 11.7 Å². The summed E-state index contributed by atoms with van der Waals surface area (Å²) in [5.41, 5.74) is 1.76. The SMILES string of the molecule is CCO[C@@H](CCO[Si](C(C)C)(C(C)C)C(C)C)c1ccc(O[C@@H]2CCc3c2ccc(F)c3C(F)(F)F)cc1. The van der Waals surface area contributed by atoms with E-state index >= 15 is 0 Å². The smallest absolute Gasteiger partial charge is 0.419 e. The molecule has 2 atom stereocenters. The van der Waals surface area contributed by atoms with Gasteiger partial charge in [0.1, 0.15) is 17.7 Å². The van der Waals surface area contributed by atoms with Crippen molar-refractivity contribution in [3.8, 4) is 5.75 Å². The minimum absolute atomic E-state index is 0.000603. The lowest BCUT2D eigenvalue weighted by Gasteiger charge is -2.42. The van der Waals surface area contributed by atoms with Crippen LogP contribution in [-0.4, -0.2) is 21.5 Å². The predicted molar refractivity (Wildman–Crippen MR) is 146 cm³/mol. The minimum atomic E-state index is -4.73. The van der Waals surface area contributed by atoms with Crippen LogP contribution in [0, 0.1) is 5.82 Å². The molecule has 0 bridgehead atoms. The minimum Gasteiger partial charge on any atom is -0.486 e. The Balaban J connectivity index is 1.70. The van der Waals surface area contributed by atoms with Crippen molar-refractivity contribution < 1.29 is 31.5 Å². The van der Waals surface area contributed by atoms with Gasteiger partial charge in [-0.3, -0.25) is 0 Å². The number of hydrogen-bond acceptors (Lipinski definition) is 3. The van der Waals surface area contributed by atoms with Crippen molar-refractivity contribution in [1.82, 2.24) is 0 Å². The molecule has 0 aromatic heterocycles. The number of rotatable bonds is 12. The Morgan fingerprint density at radius 2 is 1.53 bits per heavy atom. The van der Waals surface area contributed by atoms with Gasteiger partial charge < -0.3 is 13.9 Å². The second-order valence-corrected chi connectivity index (χ2v) is 16.6. The van der Waals surface area contributed by atoms with Gasteiger partial charge in [-0.2, -0.15) is 13.2 Å². The summed E-state index contributed by atoms with van der Waals surface area (Å²) in [6.45, 7) is 16.8. The van der Waals surface area contributed by atoms with Crippen LogP contribution in [0.2, 0.25) is 16.6 Å². The first-order valence-electron chi connectivity index (χ1n) is 13.7. The van der Waals surface area contributed by atoms with E-state index in [2.05, 4.69) is 41.5 Å². The van der Waals surface area contributed by atoms with Crippen molar-refractivity contribution in [3.63, 3.8) is 0 Å². The average molecular weight is 555 g/mol. The number of benzene rings is 2. The van der Waals surface area contributed by atoms with Crippen molar-refractivity contribution in [2.45, 2.75) is 103 Å². The first-order valence-corrected chi connectivity index (χ1v) is 15.9. The van der Waals surface area contributed by atoms with Gasteiger partial charge in [0.15, 0.2) is 8.32 Å². The summed E-state index contributed by atoms with van der Waals surface area (Å²) in [6.07, 6.45) is -4.17. The highest BCUT2D eigenvalue weighted by Crippen LogP contribution is 2.44. The molecule has 3 nitrogen and oxygen atoms in total. The summed E-state index contributed by atoms with van der Waals surface area (Å²) in [5, 5.41) is 0. The molecule has 0 spiro atoms. The van der Waals surface area contributed by atoms with Gasteiger partial charge in [-0.1, -0.05) is 59.7 Å². The molecule has 38 heavy (non-hydrogen) atoms. The first-order chi connectivity index (χ1) is 17.8. The highest BCUT2D eigenvalue weighted by atomic mass is 28.4. The van der Waals surface area contributed by atoms with E-state index in [-0.39, 0.29) is 18.1 Å². The molecule has 1 aliphatic rings. The summed E-state index contributed by atoms with van der Waals surface area (Å²) in [4.78, 5) is 0. The zero-order chi connectivity index (χ0) is 28.3. The number of alkyl halides is 3. The third kappa shape index (κ3) is 6.45. The molecule has 8 heteroatoms. The van der Waals surface area contributed by atoms with Crippen LogP contribution in [0.3, 0.4) is 0 Å². The second-order valence-electron chi connectivity index (χ2n) is 11.1. The summed E-state index contributed by atoms with van der Waals surface area (Å²) in [7, 11) is -1.97. The largest absolute Gasteiger partial charge is 0.486 e. The lowest BCUT2D eigenvalue weighted by Crippen LogP contribution is -2.48. The molecule has 3 rings (SSSR count). The Labute approximate surface area is 226 Å². The average Bonchev–Trinajstić information content (AvgIpc) is 3.22. The van der Waals surface area contributed by atoms with Gasteiger partial charge in [-0.05, 0) is 77.7 Å². The zero-order valence-electron chi connectivity index (χ0n) is 23.6. The van der Waals surface area contributed by atoms with Gasteiger partial charge in [0.2, 0.25) is 0 Å². The molecule has 2 aromatic rings. The molecular weight excluding hydrogens is 512 g/mol. The Morgan fingerprint density at radius 1 is 0.921 bits per heavy atom. The molecule has 0 N–H and O–H groups in total. The zero-order valence-corrected chi connectivity index (χ0v) is 24.6. The molecule has 0 amide bonds. The molecule has 2 aromatic carbocycles. The van der Waals surface area contributed by atoms with E-state index in [0.717, 1.165) is 18.1 Å². The van der Waals surface area contributed by atoms with Gasteiger partial charge in [0, 0.05) is 13.2 Å². The highest BCUT2D eigenvalue weighted by Gasteiger charge is 2.45. The van der Waals surface area contributed by atoms with E-state index in [4.69, 9.17) is 13.9 Å². The van der Waals surface area contributed by atoms with Crippen molar-refractivity contribution in [1.29, 1.82) is 0 Å². The number of hydrogen-bond donors (Lipinski definition) is 0. The molecular formula is C30H42F4O3Si. The Hall–Kier alpha value is -1.90. The fourth-order valence-corrected chi connectivity index (χ4v) is 11.9. The summed E-state index contributed by atoms with van der Waals surface area (Å²) in [6, 6.07) is 9.82. The summed E-state index contributed by atoms with van der Waals surface area (Å²) < 4.78 is 73.0. The molecule has 0 fully saturated rings. The molecule has 0 unspecified atom stereocenters. The number of fused-ring (bicyclic) bond motifs is 1. The summed E-state index contributed by atoms with van der Waals surface area (Å²) >= 11 is 0. The maximum Gasteiger partial charge on any atom is 0.419 e. The number of ether oxygens (including phenoxy) is 2. The third-order valence-corrected chi connectivity index (χ3v) is 14.0. The quantitative estimate of drug-likeness (QED) is 0.193. The molecule has 0 heterocycles. The Kier molecular flexibility index (Phi) is 10.1. The van der Waals surface area contributed by atoms with Crippen molar-refractivity contribution >= 4 is 8.32 Å². The van der Waals surface area contributed by atoms with Gasteiger partial charge in [-0.25, -0.2) is 4.39 Å². The van der Waals surface area contributed by atoms with Crippen LogP contribution in [0.4, 0.5) is 17.6 Å². The van der Waals surface area contributed by atoms with Crippen LogP contribution in [0.25, 0.3) is 0 Å². The Bertz CT molecular complexity index is 1030. The monoisotopic (exact) mass is 554 g/mol. The summed E-state index contributed by atoms with van der Waals surface area (Å²) in [5.74, 6) is -0.677. The topological polar surface area (TPSA) is 27.7 Å². The molecule has 212 valence electrons. The predicted octanol–water partition coefficient (Wildman–Crippen LogP) is 9.57. The van der Waals surface area contributed by atoms with Crippen LogP contribution in [0.15, 0.2) is 36.4 Å². The molecule has 0 saturated carbocycles. The van der Waals surface area contributed by atoms with E-state index in [9.17, 15) is 17.6 Å². The van der Waals surface area contributed by atoms with Gasteiger partial charge >= 0.3 is 6.18 Å². The van der Waals surface area contributed by atoms with E-state index < -0.39 is 32.0 Å². The molecule has 0 radical (unpaired) electrons. The second kappa shape index (κ2) is 12.5. The first kappa shape index (κ1) is 30.6. The maximum atomic E-state index is 14.0. The van der Waals surface area contributed by atoms with E-state index in [1.54, 1.807) is 0 Å². The Morgan fingerprint density at radius 3 is 2.05 bits per heavy atom. The number of halogens is 4. The van der Waals surface area contributed by atoms with Crippen LogP contribution in [0.5, 0.6) is 5.75 Å². The van der Waals surface area contributed by atoms with Crippen molar-refractivity contribution in [2.75, 3.05) is 13.2 Å². The van der Waals surface area contributed by atoms with Crippen LogP contribution < -0.4 is 4.74 Å². The molecule has 1 aliphatic carbocycles. The van der Waals surface area contributed by atoms with Crippen LogP contribution in [-0.2, 0) is 21.8 Å². The van der Waals surface area contributed by atoms with E-state index in [0.29, 0.717) is 47.6 Å². The van der Waals surface area contributed by atoms with Crippen LogP contribution in [0.1, 0.15) is 95.8 Å². The van der Waals surface area contributed by atoms with E-state index in [1.165, 1.54) is 6.07 Å². The van der Waals surface area contributed by atoms with Crippen LogP contribution >= 0.6 is 0 Å². The van der Waals surface area contributed by atoms with Crippen molar-refractivity contribution in [2.24, 2.45) is 0 Å². The fraction of sp³-hybridized carbons (Fsp3) is 0.600. The fourth-order valence-electron chi connectivity index (χ4n) is 6.38. The highest BCUT2D eigenvalue weighted by molar-refractivity contribution is 6.77. The van der Waals surface area contributed by atoms with Gasteiger partial charge in [-0.15, -0.1) is 0 Å². The third-order valence-electron chi connectivity index (χ3n) is 7.92. The lowest BCUT2D eigenvalue weighted by atomic mass is 10.0. The molecule has 0 saturated heterocycles. The van der Waals surface area contributed by atoms with Gasteiger partial charge in [0.25, 0.3) is 0 Å². The van der Waals surface area contributed by atoms with E-state index in [1.807, 2.05) is 31.2 Å².